The van der Waals surface area contributed by atoms with Crippen LogP contribution in [0.3, 0.4) is 0 Å². The highest BCUT2D eigenvalue weighted by Crippen LogP contribution is 2.35. The number of carbonyl (C=O) groups is 2. The van der Waals surface area contributed by atoms with Crippen LogP contribution in [0.15, 0.2) is 0 Å². The highest BCUT2D eigenvalue weighted by atomic mass is 35.5. The average Bonchev–Trinajstić information content (AvgIpc) is 2.99. The van der Waals surface area contributed by atoms with Gasteiger partial charge in [0.15, 0.2) is 5.82 Å². The van der Waals surface area contributed by atoms with Gasteiger partial charge in [-0.2, -0.15) is 0 Å². The second kappa shape index (κ2) is 7.67. The first-order chi connectivity index (χ1) is 11.5. The molecule has 2 aliphatic heterocycles. The van der Waals surface area contributed by atoms with E-state index < -0.39 is 5.54 Å². The minimum absolute atomic E-state index is 0. The molecule has 1 aromatic rings. The normalized spacial score (nSPS) is 26.8. The van der Waals surface area contributed by atoms with Gasteiger partial charge in [0.1, 0.15) is 11.4 Å². The lowest BCUT2D eigenvalue weighted by Crippen LogP contribution is -2.53. The van der Waals surface area contributed by atoms with E-state index in [4.69, 9.17) is 5.73 Å². The lowest BCUT2D eigenvalue weighted by molar-refractivity contribution is -0.132. The molecule has 1 saturated carbocycles. The van der Waals surface area contributed by atoms with E-state index in [0.29, 0.717) is 24.6 Å². The fourth-order valence-electron chi connectivity index (χ4n) is 3.89. The molecule has 2 saturated heterocycles. The molecule has 3 amide bonds. The van der Waals surface area contributed by atoms with Crippen LogP contribution in [0, 0.1) is 0 Å². The van der Waals surface area contributed by atoms with E-state index in [1.165, 1.54) is 4.90 Å². The van der Waals surface area contributed by atoms with Crippen LogP contribution in [0.2, 0.25) is 0 Å². The molecule has 4 N–H and O–H groups in total. The van der Waals surface area contributed by atoms with Crippen molar-refractivity contribution in [1.82, 2.24) is 30.3 Å². The standard InChI is InChI=1S/C15H23N7O2.2ClH/c1-21-11(19-20-12(21)9-6-10(16)7-9)8-22-13(23)15(18-14(22)24)2-4-17-5-3-15;;/h9-10,17H,2-8,16H2,1H3,(H,18,24);2*1H. The number of piperidine rings is 1. The van der Waals surface area contributed by atoms with Crippen molar-refractivity contribution >= 4 is 36.8 Å². The number of aromatic nitrogens is 3. The zero-order chi connectivity index (χ0) is 16.9. The number of amides is 3. The maximum Gasteiger partial charge on any atom is 0.325 e. The van der Waals surface area contributed by atoms with E-state index in [-0.39, 0.29) is 49.3 Å². The number of nitrogens with two attached hydrogens (primary N) is 1. The number of urea groups is 1. The summed E-state index contributed by atoms with van der Waals surface area (Å²) in [5.41, 5.74) is 5.10. The van der Waals surface area contributed by atoms with Gasteiger partial charge < -0.3 is 20.9 Å². The summed E-state index contributed by atoms with van der Waals surface area (Å²) < 4.78 is 1.89. The molecule has 146 valence electrons. The highest BCUT2D eigenvalue weighted by molar-refractivity contribution is 6.07. The Morgan fingerprint density at radius 1 is 1.19 bits per heavy atom. The summed E-state index contributed by atoms with van der Waals surface area (Å²) in [5.74, 6) is 1.68. The summed E-state index contributed by atoms with van der Waals surface area (Å²) in [4.78, 5) is 26.4. The predicted molar refractivity (Wildman–Crippen MR) is 99.4 cm³/mol. The van der Waals surface area contributed by atoms with Crippen LogP contribution < -0.4 is 16.4 Å². The van der Waals surface area contributed by atoms with Gasteiger partial charge in [-0.15, -0.1) is 35.0 Å². The summed E-state index contributed by atoms with van der Waals surface area (Å²) >= 11 is 0. The maximum atomic E-state index is 12.8. The van der Waals surface area contributed by atoms with Crippen molar-refractivity contribution in [3.05, 3.63) is 11.6 Å². The Bertz CT molecular complexity index is 684. The van der Waals surface area contributed by atoms with Gasteiger partial charge >= 0.3 is 6.03 Å². The van der Waals surface area contributed by atoms with Gasteiger partial charge in [0, 0.05) is 19.0 Å². The van der Waals surface area contributed by atoms with Crippen molar-refractivity contribution in [2.75, 3.05) is 13.1 Å². The average molecular weight is 406 g/mol. The first-order valence-electron chi connectivity index (χ1n) is 8.49. The van der Waals surface area contributed by atoms with E-state index in [1.54, 1.807) is 0 Å². The number of hydrogen-bond donors (Lipinski definition) is 3. The second-order valence-electron chi connectivity index (χ2n) is 7.12. The van der Waals surface area contributed by atoms with Crippen molar-refractivity contribution in [2.45, 2.75) is 49.7 Å². The zero-order valence-corrected chi connectivity index (χ0v) is 16.2. The van der Waals surface area contributed by atoms with Gasteiger partial charge in [0.05, 0.1) is 6.54 Å². The minimum Gasteiger partial charge on any atom is -0.328 e. The topological polar surface area (TPSA) is 118 Å². The summed E-state index contributed by atoms with van der Waals surface area (Å²) in [5, 5.41) is 14.5. The predicted octanol–water partition coefficient (Wildman–Crippen LogP) is 0.0374. The van der Waals surface area contributed by atoms with Gasteiger partial charge in [0.2, 0.25) is 0 Å². The Hall–Kier alpha value is -1.42. The molecule has 0 radical (unpaired) electrons. The van der Waals surface area contributed by atoms with Gasteiger partial charge in [0.25, 0.3) is 5.91 Å². The van der Waals surface area contributed by atoms with Crippen LogP contribution in [0.5, 0.6) is 0 Å². The maximum absolute atomic E-state index is 12.8. The molecule has 1 spiro atoms. The molecule has 3 heterocycles. The van der Waals surface area contributed by atoms with E-state index >= 15 is 0 Å². The third kappa shape index (κ3) is 3.28. The largest absolute Gasteiger partial charge is 0.328 e. The highest BCUT2D eigenvalue weighted by Gasteiger charge is 2.51. The number of hydrogen-bond acceptors (Lipinski definition) is 6. The fourth-order valence-corrected chi connectivity index (χ4v) is 3.89. The zero-order valence-electron chi connectivity index (χ0n) is 14.6. The van der Waals surface area contributed by atoms with Crippen LogP contribution in [0.4, 0.5) is 4.79 Å². The van der Waals surface area contributed by atoms with Crippen molar-refractivity contribution < 1.29 is 9.59 Å². The van der Waals surface area contributed by atoms with Crippen LogP contribution in [0.25, 0.3) is 0 Å². The SMILES string of the molecule is Cl.Cl.Cn1c(CN2C(=O)NC3(CCNCC3)C2=O)nnc1C1CC(N)C1. The Morgan fingerprint density at radius 2 is 1.85 bits per heavy atom. The number of rotatable bonds is 3. The number of imide groups is 1. The Kier molecular flexibility index (Phi) is 6.17. The third-order valence-electron chi connectivity index (χ3n) is 5.54. The van der Waals surface area contributed by atoms with E-state index in [1.807, 2.05) is 11.6 Å². The molecule has 3 aliphatic rings. The molecule has 1 aromatic heterocycles. The van der Waals surface area contributed by atoms with Crippen molar-refractivity contribution in [2.24, 2.45) is 12.8 Å². The van der Waals surface area contributed by atoms with E-state index in [9.17, 15) is 9.59 Å². The lowest BCUT2D eigenvalue weighted by Gasteiger charge is -2.31. The van der Waals surface area contributed by atoms with Gasteiger partial charge in [-0.05, 0) is 38.8 Å². The van der Waals surface area contributed by atoms with Crippen molar-refractivity contribution in [1.29, 1.82) is 0 Å². The smallest absolute Gasteiger partial charge is 0.325 e. The third-order valence-corrected chi connectivity index (χ3v) is 5.54. The van der Waals surface area contributed by atoms with Crippen molar-refractivity contribution in [3.8, 4) is 0 Å². The van der Waals surface area contributed by atoms with Gasteiger partial charge in [-0.1, -0.05) is 0 Å². The number of nitrogens with zero attached hydrogens (tertiary/aromatic N) is 4. The summed E-state index contributed by atoms with van der Waals surface area (Å²) in [6.07, 6.45) is 3.06. The van der Waals surface area contributed by atoms with Gasteiger partial charge in [-0.25, -0.2) is 4.79 Å². The summed E-state index contributed by atoms with van der Waals surface area (Å²) in [7, 11) is 1.88. The van der Waals surface area contributed by atoms with E-state index in [2.05, 4.69) is 20.8 Å². The van der Waals surface area contributed by atoms with Crippen LogP contribution in [-0.2, 0) is 18.4 Å². The lowest BCUT2D eigenvalue weighted by atomic mass is 9.80. The summed E-state index contributed by atoms with van der Waals surface area (Å²) in [6.45, 7) is 1.62. The van der Waals surface area contributed by atoms with Gasteiger partial charge in [-0.3, -0.25) is 9.69 Å². The molecule has 0 unspecified atom stereocenters. The molecule has 9 nitrogen and oxygen atoms in total. The fraction of sp³-hybridized carbons (Fsp3) is 0.733. The molecule has 4 rings (SSSR count). The van der Waals surface area contributed by atoms with Crippen molar-refractivity contribution in [3.63, 3.8) is 0 Å². The monoisotopic (exact) mass is 405 g/mol. The molecule has 3 fully saturated rings. The Morgan fingerprint density at radius 3 is 2.46 bits per heavy atom. The Balaban J connectivity index is 0.00000121. The first-order valence-corrected chi connectivity index (χ1v) is 8.49. The summed E-state index contributed by atoms with van der Waals surface area (Å²) in [6, 6.07) is -0.0991. The van der Waals surface area contributed by atoms with Crippen LogP contribution >= 0.6 is 24.8 Å². The second-order valence-corrected chi connectivity index (χ2v) is 7.12. The van der Waals surface area contributed by atoms with E-state index in [0.717, 1.165) is 31.8 Å². The number of carbonyl (C=O) groups excluding carboxylic acids is 2. The molecule has 0 bridgehead atoms. The molecule has 0 atom stereocenters. The minimum atomic E-state index is -0.746. The molecule has 0 aromatic carbocycles. The molecule has 26 heavy (non-hydrogen) atoms. The Labute approximate surface area is 164 Å². The molecular formula is C15H25Cl2N7O2. The molecule has 1 aliphatic carbocycles. The van der Waals surface area contributed by atoms with Crippen LogP contribution in [0.1, 0.15) is 43.3 Å². The van der Waals surface area contributed by atoms with Crippen LogP contribution in [-0.4, -0.2) is 56.3 Å². The first kappa shape index (κ1) is 20.9. The quantitative estimate of drug-likeness (QED) is 0.610. The molecular weight excluding hydrogens is 381 g/mol. The number of nitrogens with one attached hydrogen (secondary N) is 2. The molecule has 11 heteroatoms. The number of halogens is 2.